The van der Waals surface area contributed by atoms with Crippen LogP contribution in [0.2, 0.25) is 5.02 Å². The molecule has 2 atom stereocenters. The smallest absolute Gasteiger partial charge is 0.197 e. The van der Waals surface area contributed by atoms with Crippen LogP contribution < -0.4 is 10.3 Å². The van der Waals surface area contributed by atoms with Gasteiger partial charge in [-0.25, -0.2) is 0 Å². The Morgan fingerprint density at radius 2 is 1.85 bits per heavy atom. The topological polar surface area (TPSA) is 97.4 Å². The molecule has 182 valence electrons. The monoisotopic (exact) mass is 506 g/mol. The van der Waals surface area contributed by atoms with Crippen LogP contribution in [0.25, 0.3) is 22.3 Å². The van der Waals surface area contributed by atoms with E-state index in [1.165, 1.54) is 12.1 Å². The van der Waals surface area contributed by atoms with E-state index >= 15 is 0 Å². The maximum Gasteiger partial charge on any atom is 0.197 e. The first kappa shape index (κ1) is 24.7. The summed E-state index contributed by atoms with van der Waals surface area (Å²) in [5, 5.41) is 31.7. The van der Waals surface area contributed by atoms with Crippen molar-refractivity contribution in [3.8, 4) is 22.8 Å². The van der Waals surface area contributed by atoms with E-state index in [9.17, 15) is 20.1 Å². The zero-order valence-electron chi connectivity index (χ0n) is 18.8. The first-order valence-corrected chi connectivity index (χ1v) is 11.7. The first-order chi connectivity index (χ1) is 15.9. The number of anilines is 1. The van der Waals surface area contributed by atoms with Crippen LogP contribution in [-0.4, -0.2) is 59.6 Å². The van der Waals surface area contributed by atoms with Gasteiger partial charge in [0.1, 0.15) is 28.2 Å². The maximum absolute atomic E-state index is 13.1. The SMILES string of the molecule is CN1CC[C@H](c2c(O)cc(O)c3c(=O)cc(-c4cccc(N5CCCC5)c4Cl)oc23)[C@H]1CO.Cl. The Labute approximate surface area is 208 Å². The summed E-state index contributed by atoms with van der Waals surface area (Å²) < 4.78 is 6.24. The molecule has 0 amide bonds. The van der Waals surface area contributed by atoms with Gasteiger partial charge in [0.25, 0.3) is 0 Å². The van der Waals surface area contributed by atoms with E-state index < -0.39 is 5.43 Å². The highest BCUT2D eigenvalue weighted by molar-refractivity contribution is 6.36. The summed E-state index contributed by atoms with van der Waals surface area (Å²) in [6.45, 7) is 2.48. The Kier molecular flexibility index (Phi) is 7.01. The number of phenols is 2. The van der Waals surface area contributed by atoms with Gasteiger partial charge in [-0.2, -0.15) is 0 Å². The summed E-state index contributed by atoms with van der Waals surface area (Å²) in [5.74, 6) is -0.476. The lowest BCUT2D eigenvalue weighted by Gasteiger charge is -2.24. The van der Waals surface area contributed by atoms with Gasteiger partial charge in [0.2, 0.25) is 0 Å². The van der Waals surface area contributed by atoms with E-state index in [4.69, 9.17) is 16.0 Å². The van der Waals surface area contributed by atoms with Gasteiger partial charge in [0.05, 0.1) is 17.3 Å². The zero-order valence-corrected chi connectivity index (χ0v) is 20.4. The van der Waals surface area contributed by atoms with Gasteiger partial charge >= 0.3 is 0 Å². The number of hydrogen-bond donors (Lipinski definition) is 3. The van der Waals surface area contributed by atoms with E-state index in [0.717, 1.165) is 38.2 Å². The molecule has 0 spiro atoms. The average Bonchev–Trinajstić information content (AvgIpc) is 3.43. The lowest BCUT2D eigenvalue weighted by molar-refractivity contribution is 0.172. The number of likely N-dealkylation sites (tertiary alicyclic amines) is 1. The fraction of sp³-hybridized carbons (Fsp3) is 0.400. The fourth-order valence-corrected chi connectivity index (χ4v) is 5.68. The molecule has 2 fully saturated rings. The Morgan fingerprint density at radius 3 is 2.56 bits per heavy atom. The number of aliphatic hydroxyl groups is 1. The zero-order chi connectivity index (χ0) is 23.3. The number of nitrogens with zero attached hydrogens (tertiary/aromatic N) is 2. The van der Waals surface area contributed by atoms with Crippen molar-refractivity contribution in [3.63, 3.8) is 0 Å². The average molecular weight is 507 g/mol. The van der Waals surface area contributed by atoms with Crippen LogP contribution in [0.5, 0.6) is 11.5 Å². The van der Waals surface area contributed by atoms with Crippen LogP contribution >= 0.6 is 24.0 Å². The van der Waals surface area contributed by atoms with Gasteiger partial charge in [-0.05, 0) is 45.0 Å². The molecule has 0 radical (unpaired) electrons. The third-order valence-corrected chi connectivity index (χ3v) is 7.47. The lowest BCUT2D eigenvalue weighted by Crippen LogP contribution is -2.32. The van der Waals surface area contributed by atoms with Crippen molar-refractivity contribution in [1.82, 2.24) is 4.90 Å². The van der Waals surface area contributed by atoms with Gasteiger partial charge in [-0.15, -0.1) is 12.4 Å². The van der Waals surface area contributed by atoms with Crippen LogP contribution in [-0.2, 0) is 0 Å². The van der Waals surface area contributed by atoms with Crippen molar-refractivity contribution < 1.29 is 19.7 Å². The molecule has 0 aliphatic carbocycles. The second-order valence-corrected chi connectivity index (χ2v) is 9.34. The minimum Gasteiger partial charge on any atom is -0.507 e. The second-order valence-electron chi connectivity index (χ2n) is 8.97. The molecule has 2 saturated heterocycles. The molecule has 9 heteroatoms. The van der Waals surface area contributed by atoms with Crippen molar-refractivity contribution in [1.29, 1.82) is 0 Å². The van der Waals surface area contributed by atoms with Crippen LogP contribution in [0.1, 0.15) is 30.7 Å². The summed E-state index contributed by atoms with van der Waals surface area (Å²) in [6.07, 6.45) is 2.89. The number of benzene rings is 2. The van der Waals surface area contributed by atoms with Gasteiger partial charge in [-0.3, -0.25) is 4.79 Å². The third-order valence-electron chi connectivity index (χ3n) is 7.07. The summed E-state index contributed by atoms with van der Waals surface area (Å²) in [5.41, 5.74) is 1.62. The van der Waals surface area contributed by atoms with E-state index in [0.29, 0.717) is 22.6 Å². The standard InChI is InChI=1S/C25H27ClN2O5.ClH/c1-27-10-7-14(17(27)13-29)22-18(30)11-19(31)23-20(32)12-21(33-25(22)23)15-5-4-6-16(24(15)26)28-8-2-3-9-28;/h4-6,11-12,14,17,29-31H,2-3,7-10,13H2,1H3;1H/t14-,17+;/m0./s1. The van der Waals surface area contributed by atoms with Gasteiger partial charge in [0.15, 0.2) is 5.43 Å². The molecule has 0 bridgehead atoms. The summed E-state index contributed by atoms with van der Waals surface area (Å²) >= 11 is 6.78. The molecule has 2 aliphatic heterocycles. The molecule has 2 aromatic carbocycles. The van der Waals surface area contributed by atoms with E-state index in [1.54, 1.807) is 6.07 Å². The molecule has 7 nitrogen and oxygen atoms in total. The molecule has 0 unspecified atom stereocenters. The highest BCUT2D eigenvalue weighted by Gasteiger charge is 2.36. The molecule has 1 aromatic heterocycles. The summed E-state index contributed by atoms with van der Waals surface area (Å²) in [7, 11) is 1.91. The Balaban J connectivity index is 0.00000274. The number of likely N-dealkylation sites (N-methyl/N-ethyl adjacent to an activating group) is 1. The minimum absolute atomic E-state index is 0. The number of hydrogen-bond acceptors (Lipinski definition) is 7. The molecule has 3 N–H and O–H groups in total. The van der Waals surface area contributed by atoms with Crippen molar-refractivity contribution in [2.75, 3.05) is 38.2 Å². The molecular weight excluding hydrogens is 479 g/mol. The summed E-state index contributed by atoms with van der Waals surface area (Å²) in [4.78, 5) is 17.4. The molecule has 0 saturated carbocycles. The van der Waals surface area contributed by atoms with Crippen LogP contribution in [0.3, 0.4) is 0 Å². The van der Waals surface area contributed by atoms with Gasteiger partial charge in [-0.1, -0.05) is 17.7 Å². The minimum atomic E-state index is -0.417. The highest BCUT2D eigenvalue weighted by Crippen LogP contribution is 2.45. The quantitative estimate of drug-likeness (QED) is 0.484. The Hall–Kier alpha value is -2.45. The predicted octanol–water partition coefficient (Wildman–Crippen LogP) is 4.33. The second kappa shape index (κ2) is 9.66. The van der Waals surface area contributed by atoms with E-state index in [-0.39, 0.29) is 59.2 Å². The third kappa shape index (κ3) is 4.01. The molecular formula is C25H28Cl2N2O5. The number of aromatic hydroxyl groups is 2. The van der Waals surface area contributed by atoms with E-state index in [2.05, 4.69) is 4.90 Å². The first-order valence-electron chi connectivity index (χ1n) is 11.3. The normalized spacial score (nSPS) is 20.7. The Bertz CT molecular complexity index is 1270. The van der Waals surface area contributed by atoms with Crippen molar-refractivity contribution in [3.05, 3.63) is 51.1 Å². The summed E-state index contributed by atoms with van der Waals surface area (Å²) in [6, 6.07) is 7.92. The number of aliphatic hydroxyl groups excluding tert-OH is 1. The number of rotatable bonds is 4. The number of phenolic OH excluding ortho intramolecular Hbond substituents is 2. The van der Waals surface area contributed by atoms with Crippen LogP contribution in [0.4, 0.5) is 5.69 Å². The molecule has 34 heavy (non-hydrogen) atoms. The maximum atomic E-state index is 13.1. The number of fused-ring (bicyclic) bond motifs is 1. The highest BCUT2D eigenvalue weighted by atomic mass is 35.5. The van der Waals surface area contributed by atoms with E-state index in [1.807, 2.05) is 24.1 Å². The fourth-order valence-electron chi connectivity index (χ4n) is 5.34. The lowest BCUT2D eigenvalue weighted by atomic mass is 9.89. The van der Waals surface area contributed by atoms with Crippen LogP contribution in [0, 0.1) is 0 Å². The molecule has 3 aromatic rings. The molecule has 2 aliphatic rings. The van der Waals surface area contributed by atoms with Crippen molar-refractivity contribution in [2.45, 2.75) is 31.2 Å². The predicted molar refractivity (Wildman–Crippen MR) is 136 cm³/mol. The Morgan fingerprint density at radius 1 is 1.12 bits per heavy atom. The van der Waals surface area contributed by atoms with Gasteiger partial charge < -0.3 is 29.5 Å². The van der Waals surface area contributed by atoms with Crippen molar-refractivity contribution in [2.24, 2.45) is 0 Å². The largest absolute Gasteiger partial charge is 0.507 e. The number of halogens is 2. The molecule has 3 heterocycles. The van der Waals surface area contributed by atoms with Crippen molar-refractivity contribution >= 4 is 40.7 Å². The molecule has 5 rings (SSSR count). The van der Waals surface area contributed by atoms with Gasteiger partial charge in [0, 0.05) is 48.3 Å². The van der Waals surface area contributed by atoms with Crippen LogP contribution in [0.15, 0.2) is 39.5 Å².